The van der Waals surface area contributed by atoms with Gasteiger partial charge in [-0.1, -0.05) is 128 Å². The molecule has 3 heterocycles. The van der Waals surface area contributed by atoms with E-state index in [1.165, 1.54) is 38.6 Å². The summed E-state index contributed by atoms with van der Waals surface area (Å²) >= 11 is 0. The van der Waals surface area contributed by atoms with Crippen LogP contribution >= 0.6 is 0 Å². The van der Waals surface area contributed by atoms with Crippen LogP contribution < -0.4 is 0 Å². The molecule has 0 spiro atoms. The van der Waals surface area contributed by atoms with Crippen LogP contribution in [0.15, 0.2) is 158 Å². The second-order valence-electron chi connectivity index (χ2n) is 12.6. The molecule has 9 aromatic rings. The summed E-state index contributed by atoms with van der Waals surface area (Å²) in [6.07, 6.45) is 5.68. The van der Waals surface area contributed by atoms with E-state index in [1.54, 1.807) is 0 Å². The van der Waals surface area contributed by atoms with Crippen molar-refractivity contribution in [1.29, 1.82) is 0 Å². The van der Waals surface area contributed by atoms with Gasteiger partial charge in [0.25, 0.3) is 0 Å². The van der Waals surface area contributed by atoms with Gasteiger partial charge in [-0.3, -0.25) is 15.0 Å². The van der Waals surface area contributed by atoms with Gasteiger partial charge >= 0.3 is 0 Å². The fraction of sp³-hybridized carbons (Fsp3) is 0.0870. The van der Waals surface area contributed by atoms with Crippen molar-refractivity contribution in [3.05, 3.63) is 175 Å². The molecule has 52 heavy (non-hydrogen) atoms. The summed E-state index contributed by atoms with van der Waals surface area (Å²) in [5.41, 5.74) is 9.86. The third kappa shape index (κ3) is 6.91. The number of hydrogen-bond acceptors (Lipinski definition) is 4. The van der Waals surface area contributed by atoms with Gasteiger partial charge in [0.1, 0.15) is 5.82 Å². The molecule has 6 aromatic carbocycles. The summed E-state index contributed by atoms with van der Waals surface area (Å²) in [4.78, 5) is 14.2. The Bertz CT molecular complexity index is 2520. The third-order valence-corrected chi connectivity index (χ3v) is 9.20. The van der Waals surface area contributed by atoms with Crippen molar-refractivity contribution in [2.45, 2.75) is 26.7 Å². The zero-order valence-electron chi connectivity index (χ0n) is 29.0. The molecule has 0 unspecified atom stereocenters. The molecule has 0 aliphatic rings. The van der Waals surface area contributed by atoms with Crippen molar-refractivity contribution >= 4 is 32.6 Å². The molecule has 1 radical (unpaired) electrons. The van der Waals surface area contributed by atoms with Gasteiger partial charge in [0.05, 0.1) is 22.5 Å². The topological polar surface area (TPSA) is 56.5 Å². The van der Waals surface area contributed by atoms with Crippen LogP contribution in [0.1, 0.15) is 24.7 Å². The maximum Gasteiger partial charge on any atom is 0.122 e. The Kier molecular flexibility index (Phi) is 10.4. The molecule has 0 amide bonds. The van der Waals surface area contributed by atoms with E-state index in [2.05, 4.69) is 133 Å². The van der Waals surface area contributed by atoms with Gasteiger partial charge in [0.15, 0.2) is 0 Å². The molecule has 0 N–H and O–H groups in total. The minimum Gasteiger partial charge on any atom is -0.261 e. The molecule has 0 fully saturated rings. The first-order valence-corrected chi connectivity index (χ1v) is 17.4. The van der Waals surface area contributed by atoms with E-state index >= 15 is 0 Å². The fourth-order valence-corrected chi connectivity index (χ4v) is 6.66. The van der Waals surface area contributed by atoms with Crippen molar-refractivity contribution in [2.24, 2.45) is 0 Å². The van der Waals surface area contributed by atoms with Gasteiger partial charge in [-0.2, -0.15) is 5.10 Å². The van der Waals surface area contributed by atoms with Crippen LogP contribution in [0.5, 0.6) is 0 Å². The summed E-state index contributed by atoms with van der Waals surface area (Å²) in [5.74, 6) is 1.73. The van der Waals surface area contributed by atoms with Crippen molar-refractivity contribution in [2.75, 3.05) is 0 Å². The molecule has 6 heteroatoms. The van der Waals surface area contributed by atoms with Gasteiger partial charge < -0.3 is 0 Å². The summed E-state index contributed by atoms with van der Waals surface area (Å²) in [6, 6.07) is 53.4. The number of aryl methyl sites for hydroxylation is 2. The second-order valence-corrected chi connectivity index (χ2v) is 12.6. The van der Waals surface area contributed by atoms with E-state index in [9.17, 15) is 0 Å². The Hall–Kier alpha value is -5.81. The van der Waals surface area contributed by atoms with E-state index < -0.39 is 0 Å². The molecule has 5 nitrogen and oxygen atoms in total. The van der Waals surface area contributed by atoms with E-state index in [-0.39, 0.29) is 20.1 Å². The van der Waals surface area contributed by atoms with E-state index in [4.69, 9.17) is 10.1 Å². The van der Waals surface area contributed by atoms with Crippen molar-refractivity contribution in [3.8, 4) is 39.3 Å². The number of nitrogens with zero attached hydrogens (tertiary/aromatic N) is 5. The molecule has 3 aromatic heterocycles. The molecule has 0 saturated carbocycles. The molecule has 0 saturated heterocycles. The Balaban J connectivity index is 0.000000159. The number of rotatable bonds is 6. The molecular formula is C46H36IrN5-. The van der Waals surface area contributed by atoms with Gasteiger partial charge in [0, 0.05) is 49.7 Å². The van der Waals surface area contributed by atoms with E-state index in [0.717, 1.165) is 57.5 Å². The van der Waals surface area contributed by atoms with Gasteiger partial charge in [-0.25, -0.2) is 4.68 Å². The Labute approximate surface area is 317 Å². The summed E-state index contributed by atoms with van der Waals surface area (Å²) < 4.78 is 1.98. The first kappa shape index (κ1) is 34.6. The van der Waals surface area contributed by atoms with E-state index in [0.29, 0.717) is 0 Å². The van der Waals surface area contributed by atoms with Crippen LogP contribution in [0, 0.1) is 13.0 Å². The smallest absolute Gasteiger partial charge is 0.122 e. The van der Waals surface area contributed by atoms with Crippen molar-refractivity contribution < 1.29 is 20.1 Å². The predicted molar refractivity (Wildman–Crippen MR) is 210 cm³/mol. The number of hydrogen-bond donors (Lipinski definition) is 0. The van der Waals surface area contributed by atoms with Crippen LogP contribution in [-0.2, 0) is 26.5 Å². The zero-order valence-corrected chi connectivity index (χ0v) is 31.4. The number of fused-ring (bicyclic) bond motifs is 4. The average Bonchev–Trinajstić information content (AvgIpc) is 3.62. The van der Waals surface area contributed by atoms with Crippen LogP contribution in [0.25, 0.3) is 71.9 Å². The SMILES string of the molecule is CCCc1nc(-c2[c-]cc3ccccc3c2)nn1-c1ccccc1C.[Ir].c1ccc(-c2ccnc3c2ccc2c(-c4ccccc4)ccnc23)cc1. The van der Waals surface area contributed by atoms with Crippen LogP contribution in [-0.4, -0.2) is 24.7 Å². The van der Waals surface area contributed by atoms with Gasteiger partial charge in [-0.15, -0.1) is 29.1 Å². The molecule has 0 atom stereocenters. The number of pyridine rings is 2. The monoisotopic (exact) mass is 851 g/mol. The Morgan fingerprint density at radius 2 is 1.17 bits per heavy atom. The minimum absolute atomic E-state index is 0. The van der Waals surface area contributed by atoms with Crippen molar-refractivity contribution in [1.82, 2.24) is 24.7 Å². The summed E-state index contributed by atoms with van der Waals surface area (Å²) in [5, 5.41) is 9.43. The quantitative estimate of drug-likeness (QED) is 0.124. The number of para-hydroxylation sites is 1. The first-order valence-electron chi connectivity index (χ1n) is 17.4. The zero-order chi connectivity index (χ0) is 34.6. The average molecular weight is 851 g/mol. The maximum atomic E-state index is 4.82. The van der Waals surface area contributed by atoms with Crippen LogP contribution in [0.2, 0.25) is 0 Å². The molecular weight excluding hydrogens is 815 g/mol. The molecule has 0 aliphatic heterocycles. The van der Waals surface area contributed by atoms with Crippen molar-refractivity contribution in [3.63, 3.8) is 0 Å². The van der Waals surface area contributed by atoms with Crippen LogP contribution in [0.3, 0.4) is 0 Å². The largest absolute Gasteiger partial charge is 0.261 e. The summed E-state index contributed by atoms with van der Waals surface area (Å²) in [6.45, 7) is 4.27. The van der Waals surface area contributed by atoms with Crippen LogP contribution in [0.4, 0.5) is 0 Å². The predicted octanol–water partition coefficient (Wildman–Crippen LogP) is 11.3. The maximum absolute atomic E-state index is 4.82. The number of aromatic nitrogens is 5. The standard InChI is InChI=1S/C24H16N2.C22H20N3.Ir/c1-3-7-17(8-4-1)19-13-15-25-23-21(19)11-12-22-20(14-16-26-24(22)23)18-9-5-2-6-10-18;1-3-8-21-23-22(24-25(21)20-12-7-4-9-16(20)2)19-14-13-17-10-5-6-11-18(17)15-19;/h1-16H;4-7,9-13,15H,3,8H2,1-2H3;/q;-1;. The molecule has 9 rings (SSSR count). The number of benzene rings is 6. The fourth-order valence-electron chi connectivity index (χ4n) is 6.66. The second kappa shape index (κ2) is 15.6. The Morgan fingerprint density at radius 1 is 0.615 bits per heavy atom. The molecule has 255 valence electrons. The summed E-state index contributed by atoms with van der Waals surface area (Å²) in [7, 11) is 0. The first-order chi connectivity index (χ1) is 25.2. The minimum atomic E-state index is 0. The third-order valence-electron chi connectivity index (χ3n) is 9.20. The normalized spacial score (nSPS) is 10.9. The Morgan fingerprint density at radius 3 is 1.77 bits per heavy atom. The van der Waals surface area contributed by atoms with Gasteiger partial charge in [-0.05, 0) is 59.4 Å². The molecule has 0 aliphatic carbocycles. The van der Waals surface area contributed by atoms with Gasteiger partial charge in [0.2, 0.25) is 0 Å². The van der Waals surface area contributed by atoms with E-state index in [1.807, 2.05) is 59.5 Å². The molecule has 0 bridgehead atoms.